The quantitative estimate of drug-likeness (QED) is 0.833. The minimum Gasteiger partial charge on any atom is -0.497 e. The Balaban J connectivity index is 2.19. The molecule has 1 aliphatic rings. The van der Waals surface area contributed by atoms with Gasteiger partial charge in [0.1, 0.15) is 17.6 Å². The number of methoxy groups -OCH3 is 1. The van der Waals surface area contributed by atoms with Crippen molar-refractivity contribution >= 4 is 5.91 Å². The molecule has 1 heterocycles. The van der Waals surface area contributed by atoms with Gasteiger partial charge < -0.3 is 20.5 Å². The highest BCUT2D eigenvalue weighted by atomic mass is 16.5. The van der Waals surface area contributed by atoms with Crippen molar-refractivity contribution in [2.24, 2.45) is 5.73 Å². The fourth-order valence-corrected chi connectivity index (χ4v) is 2.02. The Morgan fingerprint density at radius 3 is 2.72 bits per heavy atom. The third kappa shape index (κ3) is 2.92. The summed E-state index contributed by atoms with van der Waals surface area (Å²) in [5, 5.41) is 3.26. The second kappa shape index (κ2) is 5.73. The Morgan fingerprint density at radius 2 is 2.11 bits per heavy atom. The normalized spacial score (nSPS) is 16.3. The van der Waals surface area contributed by atoms with Crippen molar-refractivity contribution in [1.29, 1.82) is 0 Å². The Kier molecular flexibility index (Phi) is 4.04. The van der Waals surface area contributed by atoms with Crippen LogP contribution in [0.4, 0.5) is 0 Å². The molecule has 1 aromatic rings. The molecule has 5 nitrogen and oxygen atoms in total. The molecule has 1 aromatic carbocycles. The summed E-state index contributed by atoms with van der Waals surface area (Å²) in [4.78, 5) is 11.4. The molecule has 5 heteroatoms. The van der Waals surface area contributed by atoms with Gasteiger partial charge in [0.05, 0.1) is 12.7 Å². The number of hydrogen-bond acceptors (Lipinski definition) is 4. The molecule has 0 atom stereocenters. The van der Waals surface area contributed by atoms with Crippen molar-refractivity contribution in [3.63, 3.8) is 0 Å². The van der Waals surface area contributed by atoms with Gasteiger partial charge in [-0.15, -0.1) is 0 Å². The van der Waals surface area contributed by atoms with E-state index >= 15 is 0 Å². The summed E-state index contributed by atoms with van der Waals surface area (Å²) in [6, 6.07) is 5.05. The van der Waals surface area contributed by atoms with E-state index in [4.69, 9.17) is 15.2 Å². The van der Waals surface area contributed by atoms with Crippen molar-refractivity contribution in [2.45, 2.75) is 18.9 Å². The van der Waals surface area contributed by atoms with E-state index in [0.29, 0.717) is 17.1 Å². The monoisotopic (exact) mass is 250 g/mol. The number of rotatable bonds is 4. The molecule has 0 unspecified atom stereocenters. The van der Waals surface area contributed by atoms with Crippen molar-refractivity contribution < 1.29 is 14.3 Å². The van der Waals surface area contributed by atoms with E-state index in [1.165, 1.54) is 0 Å². The van der Waals surface area contributed by atoms with Crippen LogP contribution in [0.5, 0.6) is 11.5 Å². The first kappa shape index (κ1) is 12.7. The zero-order valence-corrected chi connectivity index (χ0v) is 10.4. The van der Waals surface area contributed by atoms with Gasteiger partial charge in [0.25, 0.3) is 5.91 Å². The van der Waals surface area contributed by atoms with Gasteiger partial charge in [-0.1, -0.05) is 0 Å². The van der Waals surface area contributed by atoms with Crippen LogP contribution >= 0.6 is 0 Å². The average Bonchev–Trinajstić information content (AvgIpc) is 2.39. The zero-order valence-electron chi connectivity index (χ0n) is 10.4. The number of ether oxygens (including phenoxy) is 2. The van der Waals surface area contributed by atoms with Crippen molar-refractivity contribution in [3.8, 4) is 11.5 Å². The highest BCUT2D eigenvalue weighted by Crippen LogP contribution is 2.26. The largest absolute Gasteiger partial charge is 0.497 e. The van der Waals surface area contributed by atoms with E-state index in [2.05, 4.69) is 5.32 Å². The second-order valence-corrected chi connectivity index (χ2v) is 4.29. The molecule has 2 rings (SSSR count). The van der Waals surface area contributed by atoms with Crippen LogP contribution in [0.2, 0.25) is 0 Å². The maximum absolute atomic E-state index is 11.4. The van der Waals surface area contributed by atoms with E-state index in [1.54, 1.807) is 25.3 Å². The van der Waals surface area contributed by atoms with Gasteiger partial charge in [-0.05, 0) is 38.1 Å². The topological polar surface area (TPSA) is 73.6 Å². The number of nitrogens with one attached hydrogen (secondary N) is 1. The van der Waals surface area contributed by atoms with Gasteiger partial charge in [-0.25, -0.2) is 0 Å². The lowest BCUT2D eigenvalue weighted by molar-refractivity contribution is 0.0989. The lowest BCUT2D eigenvalue weighted by Crippen LogP contribution is -2.34. The number of benzene rings is 1. The number of hydrogen-bond donors (Lipinski definition) is 2. The predicted octanol–water partition coefficient (Wildman–Crippen LogP) is 0.925. The Morgan fingerprint density at radius 1 is 1.39 bits per heavy atom. The highest BCUT2D eigenvalue weighted by Gasteiger charge is 2.18. The summed E-state index contributed by atoms with van der Waals surface area (Å²) in [6.07, 6.45) is 1.97. The van der Waals surface area contributed by atoms with Crippen molar-refractivity contribution in [3.05, 3.63) is 23.8 Å². The third-order valence-corrected chi connectivity index (χ3v) is 3.03. The molecule has 1 fully saturated rings. The summed E-state index contributed by atoms with van der Waals surface area (Å²) in [7, 11) is 1.58. The molecule has 18 heavy (non-hydrogen) atoms. The average molecular weight is 250 g/mol. The SMILES string of the molecule is COc1ccc(C(N)=O)c(OC2CCNCC2)c1. The number of amides is 1. The van der Waals surface area contributed by atoms with Crippen LogP contribution in [0, 0.1) is 0 Å². The number of carbonyl (C=O) groups excluding carboxylic acids is 1. The molecule has 0 aliphatic carbocycles. The maximum Gasteiger partial charge on any atom is 0.252 e. The molecular weight excluding hydrogens is 232 g/mol. The highest BCUT2D eigenvalue weighted by molar-refractivity contribution is 5.95. The van der Waals surface area contributed by atoms with Crippen molar-refractivity contribution in [1.82, 2.24) is 5.32 Å². The standard InChI is InChI=1S/C13H18N2O3/c1-17-10-2-3-11(13(14)16)12(8-10)18-9-4-6-15-7-5-9/h2-3,8-9,15H,4-7H2,1H3,(H2,14,16). The maximum atomic E-state index is 11.4. The molecule has 1 saturated heterocycles. The van der Waals surface area contributed by atoms with Gasteiger partial charge in [0.2, 0.25) is 0 Å². The van der Waals surface area contributed by atoms with Gasteiger partial charge in [-0.3, -0.25) is 4.79 Å². The minimum absolute atomic E-state index is 0.122. The molecule has 0 aromatic heterocycles. The first-order chi connectivity index (χ1) is 8.70. The summed E-state index contributed by atoms with van der Waals surface area (Å²) < 4.78 is 11.0. The lowest BCUT2D eigenvalue weighted by atomic mass is 10.1. The van der Waals surface area contributed by atoms with Crippen LogP contribution in [0.1, 0.15) is 23.2 Å². The van der Waals surface area contributed by atoms with E-state index in [1.807, 2.05) is 0 Å². The summed E-state index contributed by atoms with van der Waals surface area (Å²) >= 11 is 0. The van der Waals surface area contributed by atoms with Crippen LogP contribution < -0.4 is 20.5 Å². The fraction of sp³-hybridized carbons (Fsp3) is 0.462. The first-order valence-electron chi connectivity index (χ1n) is 6.06. The van der Waals surface area contributed by atoms with E-state index in [0.717, 1.165) is 25.9 Å². The molecule has 0 saturated carbocycles. The van der Waals surface area contributed by atoms with Gasteiger partial charge in [0, 0.05) is 6.07 Å². The van der Waals surface area contributed by atoms with Crippen LogP contribution in [0.3, 0.4) is 0 Å². The number of carbonyl (C=O) groups is 1. The summed E-state index contributed by atoms with van der Waals surface area (Å²) in [5.41, 5.74) is 5.74. The second-order valence-electron chi connectivity index (χ2n) is 4.29. The Labute approximate surface area is 106 Å². The molecule has 3 N–H and O–H groups in total. The molecule has 1 aliphatic heterocycles. The van der Waals surface area contributed by atoms with E-state index < -0.39 is 5.91 Å². The number of piperidine rings is 1. The van der Waals surface area contributed by atoms with E-state index in [9.17, 15) is 4.79 Å². The predicted molar refractivity (Wildman–Crippen MR) is 68.0 cm³/mol. The van der Waals surface area contributed by atoms with Gasteiger partial charge in [-0.2, -0.15) is 0 Å². The molecular formula is C13H18N2O3. The number of nitrogens with two attached hydrogens (primary N) is 1. The van der Waals surface area contributed by atoms with Crippen LogP contribution in [-0.2, 0) is 0 Å². The molecule has 0 radical (unpaired) electrons. The van der Waals surface area contributed by atoms with Crippen molar-refractivity contribution in [2.75, 3.05) is 20.2 Å². The van der Waals surface area contributed by atoms with Crippen LogP contribution in [0.25, 0.3) is 0 Å². The molecule has 98 valence electrons. The lowest BCUT2D eigenvalue weighted by Gasteiger charge is -2.24. The minimum atomic E-state index is -0.485. The van der Waals surface area contributed by atoms with Crippen LogP contribution in [0.15, 0.2) is 18.2 Å². The molecule has 0 spiro atoms. The van der Waals surface area contributed by atoms with Crippen LogP contribution in [-0.4, -0.2) is 32.2 Å². The Hall–Kier alpha value is -1.75. The summed E-state index contributed by atoms with van der Waals surface area (Å²) in [5.74, 6) is 0.680. The third-order valence-electron chi connectivity index (χ3n) is 3.03. The molecule has 1 amide bonds. The zero-order chi connectivity index (χ0) is 13.0. The van der Waals surface area contributed by atoms with E-state index in [-0.39, 0.29) is 6.10 Å². The molecule has 0 bridgehead atoms. The number of primary amides is 1. The fourth-order valence-electron chi connectivity index (χ4n) is 2.02. The smallest absolute Gasteiger partial charge is 0.252 e. The summed E-state index contributed by atoms with van der Waals surface area (Å²) in [6.45, 7) is 1.86. The first-order valence-corrected chi connectivity index (χ1v) is 6.06. The Bertz CT molecular complexity index is 428. The van der Waals surface area contributed by atoms with Gasteiger partial charge >= 0.3 is 0 Å². The van der Waals surface area contributed by atoms with Gasteiger partial charge in [0.15, 0.2) is 0 Å².